The van der Waals surface area contributed by atoms with Crippen LogP contribution in [0.4, 0.5) is 24.7 Å². The third kappa shape index (κ3) is 3.60. The van der Waals surface area contributed by atoms with Gasteiger partial charge in [0.25, 0.3) is 0 Å². The average Bonchev–Trinajstić information content (AvgIpc) is 2.55. The van der Waals surface area contributed by atoms with Gasteiger partial charge in [0.1, 0.15) is 24.2 Å². The van der Waals surface area contributed by atoms with Gasteiger partial charge in [-0.15, -0.1) is 13.2 Å². The molecule has 0 aliphatic carbocycles. The van der Waals surface area contributed by atoms with Crippen LogP contribution in [0.3, 0.4) is 0 Å². The fourth-order valence-corrected chi connectivity index (χ4v) is 2.12. The molecule has 0 unspecified atom stereocenters. The molecule has 0 aliphatic rings. The summed E-state index contributed by atoms with van der Waals surface area (Å²) in [4.78, 5) is 19.0. The number of anilines is 2. The summed E-state index contributed by atoms with van der Waals surface area (Å²) >= 11 is 0. The monoisotopic (exact) mass is 333 g/mol. The van der Waals surface area contributed by atoms with Gasteiger partial charge in [-0.1, -0.05) is 6.07 Å². The number of hydrogen-bond acceptors (Lipinski definition) is 5. The quantitative estimate of drug-likeness (QED) is 0.729. The van der Waals surface area contributed by atoms with E-state index in [1.54, 1.807) is 18.2 Å². The highest BCUT2D eigenvalue weighted by Gasteiger charge is 2.30. The third-order valence-electron chi connectivity index (χ3n) is 3.15. The lowest BCUT2D eigenvalue weighted by atomic mass is 10.1. The maximum absolute atomic E-state index is 12.1. The van der Waals surface area contributed by atoms with Crippen molar-refractivity contribution in [2.75, 3.05) is 5.32 Å². The molecule has 0 atom stereocenters. The molecule has 1 N–H and O–H groups in total. The molecular weight excluding hydrogens is 323 g/mol. The van der Waals surface area contributed by atoms with E-state index in [0.29, 0.717) is 34.3 Å². The van der Waals surface area contributed by atoms with Crippen molar-refractivity contribution in [1.29, 1.82) is 0 Å². The van der Waals surface area contributed by atoms with Crippen molar-refractivity contribution in [3.8, 4) is 5.75 Å². The van der Waals surface area contributed by atoms with Crippen LogP contribution in [0.5, 0.6) is 5.75 Å². The molecule has 1 aromatic heterocycles. The zero-order valence-electron chi connectivity index (χ0n) is 12.0. The molecule has 5 nitrogen and oxygen atoms in total. The standard InChI is InChI=1S/C16H10F3N3O2/c17-16(18,19)24-12-4-2-11(3-5-12)22-15-13-6-1-10(8-23)7-14(13)20-9-21-15/h1-9H,(H,20,21,22). The van der Waals surface area contributed by atoms with Crippen molar-refractivity contribution in [2.45, 2.75) is 6.36 Å². The summed E-state index contributed by atoms with van der Waals surface area (Å²) in [5.41, 5.74) is 1.60. The molecule has 3 aromatic rings. The maximum Gasteiger partial charge on any atom is 0.573 e. The number of ether oxygens (including phenoxy) is 1. The van der Waals surface area contributed by atoms with Crippen LogP contribution in [-0.2, 0) is 0 Å². The number of benzene rings is 2. The Morgan fingerprint density at radius 1 is 1.04 bits per heavy atom. The summed E-state index contributed by atoms with van der Waals surface area (Å²) in [6, 6.07) is 10.2. The van der Waals surface area contributed by atoms with Crippen LogP contribution in [0.25, 0.3) is 10.9 Å². The average molecular weight is 333 g/mol. The molecule has 0 amide bonds. The van der Waals surface area contributed by atoms with Crippen LogP contribution in [0.15, 0.2) is 48.8 Å². The minimum atomic E-state index is -4.73. The van der Waals surface area contributed by atoms with E-state index in [-0.39, 0.29) is 5.75 Å². The molecule has 0 fully saturated rings. The molecule has 0 saturated heterocycles. The number of nitrogens with zero attached hydrogens (tertiary/aromatic N) is 2. The molecule has 0 aliphatic heterocycles. The molecule has 122 valence electrons. The zero-order valence-corrected chi connectivity index (χ0v) is 12.0. The first kappa shape index (κ1) is 15.7. The molecule has 1 heterocycles. The van der Waals surface area contributed by atoms with E-state index >= 15 is 0 Å². The van der Waals surface area contributed by atoms with Crippen molar-refractivity contribution >= 4 is 28.7 Å². The molecule has 0 spiro atoms. The zero-order chi connectivity index (χ0) is 17.2. The second-order valence-electron chi connectivity index (χ2n) is 4.81. The topological polar surface area (TPSA) is 64.1 Å². The maximum atomic E-state index is 12.1. The first-order chi connectivity index (χ1) is 11.4. The Morgan fingerprint density at radius 2 is 1.79 bits per heavy atom. The Bertz CT molecular complexity index is 880. The van der Waals surface area contributed by atoms with Gasteiger partial charge in [0.2, 0.25) is 0 Å². The second-order valence-corrected chi connectivity index (χ2v) is 4.81. The van der Waals surface area contributed by atoms with Crippen LogP contribution in [-0.4, -0.2) is 22.6 Å². The van der Waals surface area contributed by atoms with Gasteiger partial charge in [-0.05, 0) is 36.4 Å². The Kier molecular flexibility index (Phi) is 4.03. The van der Waals surface area contributed by atoms with Crippen LogP contribution < -0.4 is 10.1 Å². The number of alkyl halides is 3. The predicted octanol–water partition coefficient (Wildman–Crippen LogP) is 4.08. The first-order valence-electron chi connectivity index (χ1n) is 6.77. The predicted molar refractivity (Wildman–Crippen MR) is 81.3 cm³/mol. The minimum absolute atomic E-state index is 0.309. The molecule has 8 heteroatoms. The lowest BCUT2D eigenvalue weighted by Crippen LogP contribution is -2.16. The molecule has 3 rings (SSSR count). The number of halogens is 3. The second kappa shape index (κ2) is 6.15. The van der Waals surface area contributed by atoms with Crippen molar-refractivity contribution in [3.63, 3.8) is 0 Å². The van der Waals surface area contributed by atoms with Crippen molar-refractivity contribution in [1.82, 2.24) is 9.97 Å². The Hall–Kier alpha value is -3.16. The SMILES string of the molecule is O=Cc1ccc2c(Nc3ccc(OC(F)(F)F)cc3)ncnc2c1. The van der Waals surface area contributed by atoms with Gasteiger partial charge in [0, 0.05) is 16.6 Å². The fourth-order valence-electron chi connectivity index (χ4n) is 2.12. The highest BCUT2D eigenvalue weighted by Crippen LogP contribution is 2.27. The number of aldehydes is 1. The van der Waals surface area contributed by atoms with Crippen LogP contribution in [0.1, 0.15) is 10.4 Å². The van der Waals surface area contributed by atoms with Gasteiger partial charge in [-0.2, -0.15) is 0 Å². The van der Waals surface area contributed by atoms with Gasteiger partial charge in [-0.25, -0.2) is 9.97 Å². The van der Waals surface area contributed by atoms with Gasteiger partial charge in [0.05, 0.1) is 5.52 Å². The largest absolute Gasteiger partial charge is 0.573 e. The van der Waals surface area contributed by atoms with Crippen molar-refractivity contribution in [3.05, 3.63) is 54.4 Å². The minimum Gasteiger partial charge on any atom is -0.406 e. The number of hydrogen-bond donors (Lipinski definition) is 1. The van der Waals surface area contributed by atoms with Gasteiger partial charge < -0.3 is 10.1 Å². The van der Waals surface area contributed by atoms with Crippen LogP contribution >= 0.6 is 0 Å². The van der Waals surface area contributed by atoms with E-state index in [4.69, 9.17) is 0 Å². The third-order valence-corrected chi connectivity index (χ3v) is 3.15. The molecule has 0 bridgehead atoms. The fraction of sp³-hybridized carbons (Fsp3) is 0.0625. The number of carbonyl (C=O) groups excluding carboxylic acids is 1. The highest BCUT2D eigenvalue weighted by atomic mass is 19.4. The normalized spacial score (nSPS) is 11.3. The molecule has 0 saturated carbocycles. The summed E-state index contributed by atoms with van der Waals surface area (Å²) in [7, 11) is 0. The summed E-state index contributed by atoms with van der Waals surface area (Å²) in [5.74, 6) is 0.165. The Balaban J connectivity index is 1.86. The van der Waals surface area contributed by atoms with Gasteiger partial charge in [-0.3, -0.25) is 4.79 Å². The lowest BCUT2D eigenvalue weighted by molar-refractivity contribution is -0.274. The molecule has 2 aromatic carbocycles. The van der Waals surface area contributed by atoms with Crippen molar-refractivity contribution < 1.29 is 22.7 Å². The van der Waals surface area contributed by atoms with Gasteiger partial charge in [0.15, 0.2) is 0 Å². The smallest absolute Gasteiger partial charge is 0.406 e. The van der Waals surface area contributed by atoms with E-state index in [2.05, 4.69) is 20.0 Å². The Labute approximate surface area is 134 Å². The van der Waals surface area contributed by atoms with E-state index < -0.39 is 6.36 Å². The summed E-state index contributed by atoms with van der Waals surface area (Å²) in [6.07, 6.45) is -2.68. The summed E-state index contributed by atoms with van der Waals surface area (Å²) < 4.78 is 40.3. The Morgan fingerprint density at radius 3 is 2.46 bits per heavy atom. The number of nitrogens with one attached hydrogen (secondary N) is 1. The number of rotatable bonds is 4. The first-order valence-corrected chi connectivity index (χ1v) is 6.77. The number of carbonyl (C=O) groups is 1. The highest BCUT2D eigenvalue weighted by molar-refractivity contribution is 5.93. The number of fused-ring (bicyclic) bond motifs is 1. The lowest BCUT2D eigenvalue weighted by Gasteiger charge is -2.11. The molecular formula is C16H10F3N3O2. The van der Waals surface area contributed by atoms with Gasteiger partial charge >= 0.3 is 6.36 Å². The van der Waals surface area contributed by atoms with E-state index in [9.17, 15) is 18.0 Å². The number of aromatic nitrogens is 2. The van der Waals surface area contributed by atoms with E-state index in [1.165, 1.54) is 30.6 Å². The van der Waals surface area contributed by atoms with Crippen molar-refractivity contribution in [2.24, 2.45) is 0 Å². The van der Waals surface area contributed by atoms with E-state index in [1.807, 2.05) is 0 Å². The van der Waals surface area contributed by atoms with E-state index in [0.717, 1.165) is 0 Å². The van der Waals surface area contributed by atoms with Crippen LogP contribution in [0.2, 0.25) is 0 Å². The summed E-state index contributed by atoms with van der Waals surface area (Å²) in [5, 5.41) is 3.68. The van der Waals surface area contributed by atoms with Crippen LogP contribution in [0, 0.1) is 0 Å². The summed E-state index contributed by atoms with van der Waals surface area (Å²) in [6.45, 7) is 0. The molecule has 0 radical (unpaired) electrons. The molecule has 24 heavy (non-hydrogen) atoms.